The zero-order valence-electron chi connectivity index (χ0n) is 18.7. The zero-order valence-corrected chi connectivity index (χ0v) is 19.5. The van der Waals surface area contributed by atoms with Gasteiger partial charge in [-0.1, -0.05) is 54.9 Å². The van der Waals surface area contributed by atoms with Crippen molar-refractivity contribution in [2.24, 2.45) is 0 Å². The van der Waals surface area contributed by atoms with E-state index in [-0.39, 0.29) is 10.8 Å². The van der Waals surface area contributed by atoms with Crippen molar-refractivity contribution in [3.8, 4) is 11.5 Å². The van der Waals surface area contributed by atoms with Gasteiger partial charge in [-0.2, -0.15) is 0 Å². The number of benzene rings is 2. The van der Waals surface area contributed by atoms with E-state index in [4.69, 9.17) is 4.42 Å². The maximum absolute atomic E-state index is 13.1. The maximum atomic E-state index is 13.1. The van der Waals surface area contributed by atoms with Crippen molar-refractivity contribution in [3.05, 3.63) is 70.3 Å². The van der Waals surface area contributed by atoms with Crippen LogP contribution in [0.1, 0.15) is 43.4 Å². The molecule has 0 saturated heterocycles. The molecule has 5 rings (SSSR count). The summed E-state index contributed by atoms with van der Waals surface area (Å²) in [5.74, 6) is 1.55. The van der Waals surface area contributed by atoms with Crippen molar-refractivity contribution in [3.63, 3.8) is 0 Å². The molecule has 1 atom stereocenters. The minimum absolute atomic E-state index is 0.0387. The molecular formula is C24H24N6O2S. The van der Waals surface area contributed by atoms with Crippen molar-refractivity contribution in [1.82, 2.24) is 29.4 Å². The van der Waals surface area contributed by atoms with Crippen LogP contribution in [-0.4, -0.2) is 29.4 Å². The minimum atomic E-state index is -0.154. The average molecular weight is 461 g/mol. The van der Waals surface area contributed by atoms with Crippen LogP contribution in [0, 0.1) is 6.92 Å². The van der Waals surface area contributed by atoms with Crippen LogP contribution in [0.3, 0.4) is 0 Å². The molecule has 0 radical (unpaired) electrons. The predicted molar refractivity (Wildman–Crippen MR) is 128 cm³/mol. The van der Waals surface area contributed by atoms with Gasteiger partial charge in [0.2, 0.25) is 17.6 Å². The van der Waals surface area contributed by atoms with E-state index in [2.05, 4.69) is 27.3 Å². The highest BCUT2D eigenvalue weighted by Gasteiger charge is 2.22. The van der Waals surface area contributed by atoms with Gasteiger partial charge >= 0.3 is 0 Å². The van der Waals surface area contributed by atoms with Crippen LogP contribution < -0.4 is 5.56 Å². The van der Waals surface area contributed by atoms with Crippen LogP contribution in [0.4, 0.5) is 0 Å². The maximum Gasteiger partial charge on any atom is 0.262 e. The van der Waals surface area contributed by atoms with E-state index in [1.807, 2.05) is 66.8 Å². The molecule has 5 aromatic rings. The highest BCUT2D eigenvalue weighted by atomic mass is 32.2. The van der Waals surface area contributed by atoms with Crippen LogP contribution in [0.15, 0.2) is 62.9 Å². The lowest BCUT2D eigenvalue weighted by Crippen LogP contribution is -2.23. The fourth-order valence-corrected chi connectivity index (χ4v) is 4.63. The second-order valence-corrected chi connectivity index (χ2v) is 9.32. The van der Waals surface area contributed by atoms with Crippen molar-refractivity contribution in [2.75, 3.05) is 0 Å². The molecule has 1 unspecified atom stereocenters. The number of unbranched alkanes of at least 4 members (excludes halogenated alkanes) is 1. The van der Waals surface area contributed by atoms with Gasteiger partial charge in [0, 0.05) is 12.1 Å². The first kappa shape index (κ1) is 21.4. The second kappa shape index (κ2) is 8.82. The van der Waals surface area contributed by atoms with Gasteiger partial charge in [0.25, 0.3) is 5.56 Å². The Hall–Kier alpha value is -3.46. The molecule has 0 amide bonds. The van der Waals surface area contributed by atoms with Crippen LogP contribution in [-0.2, 0) is 6.54 Å². The molecular weight excluding hydrogens is 436 g/mol. The van der Waals surface area contributed by atoms with E-state index in [1.54, 1.807) is 4.57 Å². The molecule has 3 aromatic heterocycles. The van der Waals surface area contributed by atoms with Gasteiger partial charge in [0.15, 0.2) is 5.16 Å². The Morgan fingerprint density at radius 1 is 1.03 bits per heavy atom. The first-order valence-electron chi connectivity index (χ1n) is 11.0. The standard InChI is InChI=1S/C24H24N6O2S/c1-4-5-14-29-22(31)18-8-6-7-9-19(18)30-23(29)27-28-24(30)33-16(3)20-25-26-21(32-20)17-12-10-15(2)11-13-17/h6-13,16H,4-5,14H2,1-3H3. The van der Waals surface area contributed by atoms with E-state index in [1.165, 1.54) is 17.3 Å². The highest BCUT2D eigenvalue weighted by molar-refractivity contribution is 7.99. The van der Waals surface area contributed by atoms with Gasteiger partial charge in [-0.05, 0) is 44.5 Å². The van der Waals surface area contributed by atoms with Gasteiger partial charge < -0.3 is 4.42 Å². The minimum Gasteiger partial charge on any atom is -0.419 e. The molecule has 2 aromatic carbocycles. The van der Waals surface area contributed by atoms with Crippen LogP contribution in [0.25, 0.3) is 28.1 Å². The van der Waals surface area contributed by atoms with E-state index < -0.39 is 0 Å². The molecule has 3 heterocycles. The SMILES string of the molecule is CCCCn1c(=O)c2ccccc2n2c(SC(C)c3nnc(-c4ccc(C)cc4)o3)nnc12. The lowest BCUT2D eigenvalue weighted by molar-refractivity contribution is 0.509. The summed E-state index contributed by atoms with van der Waals surface area (Å²) in [6, 6.07) is 15.5. The number of thioether (sulfide) groups is 1. The highest BCUT2D eigenvalue weighted by Crippen LogP contribution is 2.35. The van der Waals surface area contributed by atoms with Gasteiger partial charge in [0.1, 0.15) is 0 Å². The number of fused-ring (bicyclic) bond motifs is 3. The molecule has 0 N–H and O–H groups in total. The van der Waals surface area contributed by atoms with Crippen molar-refractivity contribution in [1.29, 1.82) is 0 Å². The summed E-state index contributed by atoms with van der Waals surface area (Å²) in [6.45, 7) is 6.74. The molecule has 0 bridgehead atoms. The van der Waals surface area contributed by atoms with Crippen LogP contribution in [0.5, 0.6) is 0 Å². The Morgan fingerprint density at radius 2 is 1.82 bits per heavy atom. The molecule has 0 saturated carbocycles. The fraction of sp³-hybridized carbons (Fsp3) is 0.292. The summed E-state index contributed by atoms with van der Waals surface area (Å²) in [6.07, 6.45) is 1.88. The summed E-state index contributed by atoms with van der Waals surface area (Å²) in [5, 5.41) is 18.4. The zero-order chi connectivity index (χ0) is 22.9. The van der Waals surface area contributed by atoms with Crippen molar-refractivity contribution < 1.29 is 4.42 Å². The summed E-state index contributed by atoms with van der Waals surface area (Å²) >= 11 is 1.47. The first-order chi connectivity index (χ1) is 16.1. The quantitative estimate of drug-likeness (QED) is 0.314. The number of rotatable bonds is 7. The van der Waals surface area contributed by atoms with Crippen molar-refractivity contribution >= 4 is 28.4 Å². The van der Waals surface area contributed by atoms with Gasteiger partial charge in [0.05, 0.1) is 16.2 Å². The smallest absolute Gasteiger partial charge is 0.262 e. The molecule has 0 aliphatic carbocycles. The largest absolute Gasteiger partial charge is 0.419 e. The van der Waals surface area contributed by atoms with E-state index in [9.17, 15) is 4.79 Å². The van der Waals surface area contributed by atoms with E-state index in [0.717, 1.165) is 23.9 Å². The van der Waals surface area contributed by atoms with E-state index in [0.29, 0.717) is 34.6 Å². The first-order valence-corrected chi connectivity index (χ1v) is 11.9. The van der Waals surface area contributed by atoms with Crippen LogP contribution >= 0.6 is 11.8 Å². The Morgan fingerprint density at radius 3 is 2.61 bits per heavy atom. The fourth-order valence-electron chi connectivity index (χ4n) is 3.75. The lowest BCUT2D eigenvalue weighted by Gasteiger charge is -2.11. The Labute approximate surface area is 194 Å². The number of aromatic nitrogens is 6. The number of hydrogen-bond donors (Lipinski definition) is 0. The summed E-state index contributed by atoms with van der Waals surface area (Å²) < 4.78 is 9.63. The topological polar surface area (TPSA) is 91.1 Å². The van der Waals surface area contributed by atoms with Crippen LogP contribution in [0.2, 0.25) is 0 Å². The van der Waals surface area contributed by atoms with Gasteiger partial charge in [-0.15, -0.1) is 20.4 Å². The molecule has 0 fully saturated rings. The molecule has 0 spiro atoms. The number of para-hydroxylation sites is 1. The summed E-state index contributed by atoms with van der Waals surface area (Å²) in [7, 11) is 0. The number of hydrogen-bond acceptors (Lipinski definition) is 7. The van der Waals surface area contributed by atoms with E-state index >= 15 is 0 Å². The number of nitrogens with zero attached hydrogens (tertiary/aromatic N) is 6. The van der Waals surface area contributed by atoms with Gasteiger partial charge in [-0.25, -0.2) is 0 Å². The average Bonchev–Trinajstić information content (AvgIpc) is 3.48. The third kappa shape index (κ3) is 3.93. The summed E-state index contributed by atoms with van der Waals surface area (Å²) in [5.41, 5.74) is 2.81. The lowest BCUT2D eigenvalue weighted by atomic mass is 10.1. The molecule has 0 aliphatic heterocycles. The monoisotopic (exact) mass is 460 g/mol. The molecule has 9 heteroatoms. The summed E-state index contributed by atoms with van der Waals surface area (Å²) in [4.78, 5) is 13.1. The Bertz CT molecular complexity index is 1480. The predicted octanol–water partition coefficient (Wildman–Crippen LogP) is 5.06. The molecule has 168 valence electrons. The Balaban J connectivity index is 1.52. The molecule has 0 aliphatic rings. The Kier molecular flexibility index (Phi) is 5.72. The van der Waals surface area contributed by atoms with Gasteiger partial charge in [-0.3, -0.25) is 13.8 Å². The number of aryl methyl sites for hydroxylation is 2. The third-order valence-electron chi connectivity index (χ3n) is 5.58. The third-order valence-corrected chi connectivity index (χ3v) is 6.61. The second-order valence-electron chi connectivity index (χ2n) is 8.02. The molecule has 33 heavy (non-hydrogen) atoms. The van der Waals surface area contributed by atoms with Crippen molar-refractivity contribution in [2.45, 2.75) is 50.6 Å². The molecule has 8 nitrogen and oxygen atoms in total. The normalized spacial score (nSPS) is 12.6.